The van der Waals surface area contributed by atoms with Gasteiger partial charge in [-0.1, -0.05) is 25.4 Å². The predicted molar refractivity (Wildman–Crippen MR) is 63.2 cm³/mol. The first-order chi connectivity index (χ1) is 7.43. The molecule has 4 nitrogen and oxygen atoms in total. The van der Waals surface area contributed by atoms with Crippen LogP contribution in [0.25, 0.3) is 0 Å². The Bertz CT molecular complexity index is 469. The van der Waals surface area contributed by atoms with Crippen LogP contribution in [0.1, 0.15) is 13.8 Å². The fourth-order valence-corrected chi connectivity index (χ4v) is 3.20. The third-order valence-corrected chi connectivity index (χ3v) is 4.56. The Kier molecular flexibility index (Phi) is 4.18. The highest BCUT2D eigenvalue weighted by molar-refractivity contribution is 7.89. The third kappa shape index (κ3) is 2.48. The molecule has 1 N–H and O–H groups in total. The number of hydrogen-bond donors (Lipinski definition) is 1. The van der Waals surface area contributed by atoms with Gasteiger partial charge in [-0.05, 0) is 18.2 Å². The second-order valence-electron chi connectivity index (χ2n) is 3.20. The Labute approximate surface area is 101 Å². The summed E-state index contributed by atoms with van der Waals surface area (Å²) < 4.78 is 25.4. The van der Waals surface area contributed by atoms with Gasteiger partial charge >= 0.3 is 0 Å². The molecule has 0 fully saturated rings. The van der Waals surface area contributed by atoms with E-state index in [-0.39, 0.29) is 15.7 Å². The number of sulfonamides is 1. The van der Waals surface area contributed by atoms with E-state index in [4.69, 9.17) is 11.6 Å². The molecule has 0 saturated carbocycles. The SMILES string of the molecule is CCN(CC)S(=O)(=O)c1cc(Cl)ccc1O. The summed E-state index contributed by atoms with van der Waals surface area (Å²) in [5.74, 6) is -0.281. The lowest BCUT2D eigenvalue weighted by Gasteiger charge is -2.19. The molecule has 0 heterocycles. The van der Waals surface area contributed by atoms with Crippen LogP contribution < -0.4 is 0 Å². The average molecular weight is 264 g/mol. The van der Waals surface area contributed by atoms with E-state index in [9.17, 15) is 13.5 Å². The summed E-state index contributed by atoms with van der Waals surface area (Å²) in [5, 5.41) is 9.83. The fourth-order valence-electron chi connectivity index (χ4n) is 1.40. The molecule has 0 radical (unpaired) electrons. The van der Waals surface area contributed by atoms with E-state index in [0.717, 1.165) is 0 Å². The van der Waals surface area contributed by atoms with Gasteiger partial charge in [-0.15, -0.1) is 0 Å². The predicted octanol–water partition coefficient (Wildman–Crippen LogP) is 2.08. The zero-order valence-electron chi connectivity index (χ0n) is 9.14. The minimum atomic E-state index is -3.66. The first-order valence-electron chi connectivity index (χ1n) is 4.92. The summed E-state index contributed by atoms with van der Waals surface area (Å²) >= 11 is 5.72. The topological polar surface area (TPSA) is 57.6 Å². The lowest BCUT2D eigenvalue weighted by atomic mass is 10.3. The van der Waals surface area contributed by atoms with E-state index in [2.05, 4.69) is 0 Å². The minimum Gasteiger partial charge on any atom is -0.507 e. The quantitative estimate of drug-likeness (QED) is 0.905. The summed E-state index contributed by atoms with van der Waals surface area (Å²) in [5.41, 5.74) is 0. The molecular weight excluding hydrogens is 250 g/mol. The number of phenolic OH excluding ortho intramolecular Hbond substituents is 1. The number of aromatic hydroxyl groups is 1. The van der Waals surface area contributed by atoms with Gasteiger partial charge in [-0.3, -0.25) is 0 Å². The first kappa shape index (κ1) is 13.3. The lowest BCUT2D eigenvalue weighted by molar-refractivity contribution is 0.429. The van der Waals surface area contributed by atoms with Gasteiger partial charge in [0.25, 0.3) is 0 Å². The molecule has 90 valence electrons. The van der Waals surface area contributed by atoms with Gasteiger partial charge in [0, 0.05) is 18.1 Å². The van der Waals surface area contributed by atoms with Crippen LogP contribution in [0, 0.1) is 0 Å². The molecule has 0 saturated heterocycles. The second-order valence-corrected chi connectivity index (χ2v) is 5.54. The van der Waals surface area contributed by atoms with Crippen LogP contribution in [0.2, 0.25) is 5.02 Å². The summed E-state index contributed by atoms with van der Waals surface area (Å²) in [4.78, 5) is -0.149. The number of benzene rings is 1. The Morgan fingerprint density at radius 2 is 1.88 bits per heavy atom. The number of nitrogens with zero attached hydrogens (tertiary/aromatic N) is 1. The molecule has 0 spiro atoms. The van der Waals surface area contributed by atoms with E-state index in [0.29, 0.717) is 13.1 Å². The molecular formula is C10H14ClNO3S. The van der Waals surface area contributed by atoms with E-state index in [1.54, 1.807) is 13.8 Å². The molecule has 1 rings (SSSR count). The van der Waals surface area contributed by atoms with Gasteiger partial charge in [0.2, 0.25) is 10.0 Å². The molecule has 1 aromatic carbocycles. The van der Waals surface area contributed by atoms with Crippen molar-refractivity contribution in [1.29, 1.82) is 0 Å². The number of hydrogen-bond acceptors (Lipinski definition) is 3. The zero-order valence-corrected chi connectivity index (χ0v) is 10.7. The van der Waals surface area contributed by atoms with Crippen molar-refractivity contribution < 1.29 is 13.5 Å². The van der Waals surface area contributed by atoms with Crippen LogP contribution >= 0.6 is 11.6 Å². The van der Waals surface area contributed by atoms with Crippen molar-refractivity contribution in [1.82, 2.24) is 4.31 Å². The average Bonchev–Trinajstić information content (AvgIpc) is 2.23. The van der Waals surface area contributed by atoms with Gasteiger partial charge < -0.3 is 5.11 Å². The Morgan fingerprint density at radius 3 is 2.38 bits per heavy atom. The highest BCUT2D eigenvalue weighted by Crippen LogP contribution is 2.28. The van der Waals surface area contributed by atoms with Crippen molar-refractivity contribution >= 4 is 21.6 Å². The molecule has 0 aromatic heterocycles. The Balaban J connectivity index is 3.31. The molecule has 0 bridgehead atoms. The number of phenols is 1. The lowest BCUT2D eigenvalue weighted by Crippen LogP contribution is -2.30. The first-order valence-corrected chi connectivity index (χ1v) is 6.74. The van der Waals surface area contributed by atoms with Crippen LogP contribution in [0.4, 0.5) is 0 Å². The second kappa shape index (κ2) is 5.03. The van der Waals surface area contributed by atoms with Crippen LogP contribution in [0.15, 0.2) is 23.1 Å². The molecule has 16 heavy (non-hydrogen) atoms. The molecule has 0 aliphatic rings. The molecule has 0 unspecified atom stereocenters. The van der Waals surface area contributed by atoms with Crippen molar-refractivity contribution in [2.45, 2.75) is 18.7 Å². The van der Waals surface area contributed by atoms with E-state index in [1.807, 2.05) is 0 Å². The molecule has 1 aromatic rings. The van der Waals surface area contributed by atoms with Crippen molar-refractivity contribution in [3.05, 3.63) is 23.2 Å². The molecule has 6 heteroatoms. The summed E-state index contributed by atoms with van der Waals surface area (Å²) in [6, 6.07) is 3.97. The Hall–Kier alpha value is -0.780. The van der Waals surface area contributed by atoms with Crippen LogP contribution in [0.5, 0.6) is 5.75 Å². The standard InChI is InChI=1S/C10H14ClNO3S/c1-3-12(4-2)16(14,15)10-7-8(11)5-6-9(10)13/h5-7,13H,3-4H2,1-2H3. The van der Waals surface area contributed by atoms with Crippen LogP contribution in [-0.4, -0.2) is 30.9 Å². The van der Waals surface area contributed by atoms with Gasteiger partial charge in [0.05, 0.1) is 0 Å². The zero-order chi connectivity index (χ0) is 12.3. The largest absolute Gasteiger partial charge is 0.507 e. The summed E-state index contributed by atoms with van der Waals surface area (Å²) in [7, 11) is -3.66. The van der Waals surface area contributed by atoms with Crippen molar-refractivity contribution in [2.75, 3.05) is 13.1 Å². The molecule has 0 amide bonds. The summed E-state index contributed by atoms with van der Waals surface area (Å²) in [6.45, 7) is 4.18. The Morgan fingerprint density at radius 1 is 1.31 bits per heavy atom. The minimum absolute atomic E-state index is 0.149. The van der Waals surface area contributed by atoms with Crippen molar-refractivity contribution in [3.8, 4) is 5.75 Å². The maximum atomic E-state index is 12.1. The van der Waals surface area contributed by atoms with E-state index >= 15 is 0 Å². The van der Waals surface area contributed by atoms with Crippen molar-refractivity contribution in [3.63, 3.8) is 0 Å². The smallest absolute Gasteiger partial charge is 0.246 e. The van der Waals surface area contributed by atoms with Crippen LogP contribution in [0.3, 0.4) is 0 Å². The van der Waals surface area contributed by atoms with Gasteiger partial charge in [-0.2, -0.15) is 4.31 Å². The summed E-state index contributed by atoms with van der Waals surface area (Å²) in [6.07, 6.45) is 0. The number of halogens is 1. The van der Waals surface area contributed by atoms with Crippen molar-refractivity contribution in [2.24, 2.45) is 0 Å². The van der Waals surface area contributed by atoms with E-state index < -0.39 is 10.0 Å². The maximum absolute atomic E-state index is 12.1. The van der Waals surface area contributed by atoms with Gasteiger partial charge in [0.15, 0.2) is 0 Å². The normalized spacial score (nSPS) is 12.0. The van der Waals surface area contributed by atoms with E-state index in [1.165, 1.54) is 22.5 Å². The fraction of sp³-hybridized carbons (Fsp3) is 0.400. The highest BCUT2D eigenvalue weighted by Gasteiger charge is 2.24. The van der Waals surface area contributed by atoms with Gasteiger partial charge in [-0.25, -0.2) is 8.42 Å². The van der Waals surface area contributed by atoms with Gasteiger partial charge in [0.1, 0.15) is 10.6 Å². The number of rotatable bonds is 4. The molecule has 0 aliphatic heterocycles. The highest BCUT2D eigenvalue weighted by atomic mass is 35.5. The molecule has 0 atom stereocenters. The molecule has 0 aliphatic carbocycles. The third-order valence-electron chi connectivity index (χ3n) is 2.25. The maximum Gasteiger partial charge on any atom is 0.246 e. The van der Waals surface area contributed by atoms with Crippen LogP contribution in [-0.2, 0) is 10.0 Å². The monoisotopic (exact) mass is 263 g/mol.